The highest BCUT2D eigenvalue weighted by molar-refractivity contribution is 6.08. The first-order valence-corrected chi connectivity index (χ1v) is 9.13. The van der Waals surface area contributed by atoms with E-state index < -0.39 is 17.9 Å². The molecule has 0 saturated carbocycles. The number of para-hydroxylation sites is 1. The molecule has 0 fully saturated rings. The zero-order valence-corrected chi connectivity index (χ0v) is 15.4. The smallest absolute Gasteiger partial charge is 0.336 e. The molecular formula is C23H18N2O4. The number of carboxylic acids is 1. The van der Waals surface area contributed by atoms with Gasteiger partial charge in [0.1, 0.15) is 5.75 Å². The molecule has 2 N–H and O–H groups in total. The number of hydrogen-bond donors (Lipinski definition) is 2. The summed E-state index contributed by atoms with van der Waals surface area (Å²) >= 11 is 0. The predicted molar refractivity (Wildman–Crippen MR) is 108 cm³/mol. The number of carbonyl (C=O) groups excluding carboxylic acids is 1. The number of carbonyl (C=O) groups is 2. The first-order chi connectivity index (χ1) is 14.1. The zero-order chi connectivity index (χ0) is 20.4. The summed E-state index contributed by atoms with van der Waals surface area (Å²) in [5, 5.41) is 25.6. The quantitative estimate of drug-likeness (QED) is 0.707. The first-order valence-electron chi connectivity index (χ1n) is 9.13. The summed E-state index contributed by atoms with van der Waals surface area (Å²) in [7, 11) is 0. The average Bonchev–Trinajstić information content (AvgIpc) is 3.19. The molecule has 1 amide bonds. The molecule has 29 heavy (non-hydrogen) atoms. The fraction of sp³-hybridized carbons (Fsp3) is 0.0870. The van der Waals surface area contributed by atoms with Gasteiger partial charge in [-0.2, -0.15) is 5.10 Å². The summed E-state index contributed by atoms with van der Waals surface area (Å²) in [6, 6.07) is 21.8. The number of benzene rings is 3. The largest absolute Gasteiger partial charge is 0.508 e. The molecule has 1 aliphatic heterocycles. The van der Waals surface area contributed by atoms with Gasteiger partial charge in [0.25, 0.3) is 5.91 Å². The number of amides is 1. The van der Waals surface area contributed by atoms with E-state index in [9.17, 15) is 19.8 Å². The molecule has 0 aliphatic carbocycles. The Labute approximate surface area is 167 Å². The summed E-state index contributed by atoms with van der Waals surface area (Å²) in [5.74, 6) is -1.65. The molecular weight excluding hydrogens is 368 g/mol. The van der Waals surface area contributed by atoms with Gasteiger partial charge in [0.15, 0.2) is 0 Å². The Balaban J connectivity index is 1.80. The van der Waals surface area contributed by atoms with Crippen LogP contribution in [0, 0.1) is 0 Å². The lowest BCUT2D eigenvalue weighted by molar-refractivity contribution is 0.0660. The molecule has 0 unspecified atom stereocenters. The summed E-state index contributed by atoms with van der Waals surface area (Å²) in [6.45, 7) is 0. The molecule has 0 saturated heterocycles. The topological polar surface area (TPSA) is 90.2 Å². The van der Waals surface area contributed by atoms with E-state index in [0.717, 1.165) is 5.56 Å². The molecule has 144 valence electrons. The van der Waals surface area contributed by atoms with Crippen LogP contribution in [0.25, 0.3) is 0 Å². The minimum Gasteiger partial charge on any atom is -0.508 e. The van der Waals surface area contributed by atoms with E-state index >= 15 is 0 Å². The van der Waals surface area contributed by atoms with E-state index in [0.29, 0.717) is 17.7 Å². The number of rotatable bonds is 4. The molecule has 1 heterocycles. The van der Waals surface area contributed by atoms with Crippen molar-refractivity contribution in [1.82, 2.24) is 5.01 Å². The van der Waals surface area contributed by atoms with Crippen LogP contribution in [0.2, 0.25) is 0 Å². The highest BCUT2D eigenvalue weighted by Crippen LogP contribution is 2.38. The lowest BCUT2D eigenvalue weighted by Gasteiger charge is -2.23. The summed E-state index contributed by atoms with van der Waals surface area (Å²) in [6.07, 6.45) is 0.405. The maximum atomic E-state index is 13.3. The number of aromatic carboxylic acids is 1. The minimum atomic E-state index is -1.18. The van der Waals surface area contributed by atoms with Crippen LogP contribution in [0.3, 0.4) is 0 Å². The minimum absolute atomic E-state index is 0.0542. The van der Waals surface area contributed by atoms with Crippen LogP contribution >= 0.6 is 0 Å². The number of phenolic OH excluding ortho intramolecular Hbond substituents is 1. The van der Waals surface area contributed by atoms with Gasteiger partial charge in [-0.3, -0.25) is 4.79 Å². The molecule has 0 spiro atoms. The predicted octanol–water partition coefficient (Wildman–Crippen LogP) is 4.08. The van der Waals surface area contributed by atoms with E-state index in [1.54, 1.807) is 36.4 Å². The monoisotopic (exact) mass is 386 g/mol. The van der Waals surface area contributed by atoms with Gasteiger partial charge in [0.05, 0.1) is 22.9 Å². The van der Waals surface area contributed by atoms with Crippen molar-refractivity contribution in [3.8, 4) is 5.75 Å². The normalized spacial score (nSPS) is 15.8. The summed E-state index contributed by atoms with van der Waals surface area (Å²) in [4.78, 5) is 24.9. The van der Waals surface area contributed by atoms with E-state index in [4.69, 9.17) is 0 Å². The van der Waals surface area contributed by atoms with E-state index in [-0.39, 0.29) is 16.9 Å². The van der Waals surface area contributed by atoms with Gasteiger partial charge in [0, 0.05) is 12.0 Å². The molecule has 3 aromatic carbocycles. The van der Waals surface area contributed by atoms with Gasteiger partial charge in [-0.1, -0.05) is 60.7 Å². The van der Waals surface area contributed by atoms with E-state index in [1.165, 1.54) is 17.1 Å². The number of phenols is 1. The highest BCUT2D eigenvalue weighted by Gasteiger charge is 2.36. The molecule has 1 aliphatic rings. The van der Waals surface area contributed by atoms with Crippen LogP contribution in [-0.2, 0) is 0 Å². The van der Waals surface area contributed by atoms with Crippen molar-refractivity contribution in [2.45, 2.75) is 12.5 Å². The van der Waals surface area contributed by atoms with Crippen molar-refractivity contribution in [2.75, 3.05) is 0 Å². The van der Waals surface area contributed by atoms with Crippen LogP contribution in [-0.4, -0.2) is 32.8 Å². The number of aromatic hydroxyl groups is 1. The third-order valence-electron chi connectivity index (χ3n) is 4.91. The van der Waals surface area contributed by atoms with E-state index in [2.05, 4.69) is 5.10 Å². The second kappa shape index (κ2) is 7.59. The van der Waals surface area contributed by atoms with Crippen LogP contribution in [0.15, 0.2) is 84.0 Å². The van der Waals surface area contributed by atoms with Gasteiger partial charge in [-0.15, -0.1) is 0 Å². The van der Waals surface area contributed by atoms with Crippen LogP contribution < -0.4 is 0 Å². The van der Waals surface area contributed by atoms with Crippen molar-refractivity contribution < 1.29 is 19.8 Å². The van der Waals surface area contributed by atoms with Crippen molar-refractivity contribution in [3.63, 3.8) is 0 Å². The Morgan fingerprint density at radius 2 is 1.48 bits per heavy atom. The Kier molecular flexibility index (Phi) is 4.83. The van der Waals surface area contributed by atoms with Gasteiger partial charge in [-0.05, 0) is 23.8 Å². The molecule has 6 nitrogen and oxygen atoms in total. The first kappa shape index (κ1) is 18.4. The Morgan fingerprint density at radius 1 is 0.862 bits per heavy atom. The SMILES string of the molecule is O=C(O)c1ccccc1C(=O)N1N=C(c2ccccc2)C[C@@H]1c1ccccc1O. The van der Waals surface area contributed by atoms with Crippen LogP contribution in [0.1, 0.15) is 44.3 Å². The molecule has 1 atom stereocenters. The Hall–Kier alpha value is -3.93. The second-order valence-corrected chi connectivity index (χ2v) is 6.69. The van der Waals surface area contributed by atoms with Crippen LogP contribution in [0.4, 0.5) is 0 Å². The highest BCUT2D eigenvalue weighted by atomic mass is 16.4. The fourth-order valence-electron chi connectivity index (χ4n) is 3.49. The van der Waals surface area contributed by atoms with Gasteiger partial charge in [0.2, 0.25) is 0 Å². The lowest BCUT2D eigenvalue weighted by Crippen LogP contribution is -2.28. The maximum Gasteiger partial charge on any atom is 0.336 e. The summed E-state index contributed by atoms with van der Waals surface area (Å²) < 4.78 is 0. The van der Waals surface area contributed by atoms with E-state index in [1.807, 2.05) is 30.3 Å². The molecule has 0 bridgehead atoms. The maximum absolute atomic E-state index is 13.3. The second-order valence-electron chi connectivity index (χ2n) is 6.69. The number of hydrogen-bond acceptors (Lipinski definition) is 4. The van der Waals surface area contributed by atoms with Gasteiger partial charge >= 0.3 is 5.97 Å². The standard InChI is InChI=1S/C23H18N2O4/c26-21-13-7-6-12-18(21)20-14-19(15-8-2-1-3-9-15)24-25(20)22(27)16-10-4-5-11-17(16)23(28)29/h1-13,20,26H,14H2,(H,28,29)/t20-/m1/s1. The fourth-order valence-corrected chi connectivity index (χ4v) is 3.49. The third-order valence-corrected chi connectivity index (χ3v) is 4.91. The molecule has 0 radical (unpaired) electrons. The lowest BCUT2D eigenvalue weighted by atomic mass is 9.97. The zero-order valence-electron chi connectivity index (χ0n) is 15.4. The Bertz CT molecular complexity index is 1110. The average molecular weight is 386 g/mol. The van der Waals surface area contributed by atoms with Crippen molar-refractivity contribution in [2.24, 2.45) is 5.10 Å². The molecule has 0 aromatic heterocycles. The number of carboxylic acid groups (broad SMARTS) is 1. The summed E-state index contributed by atoms with van der Waals surface area (Å²) in [5.41, 5.74) is 2.09. The number of hydrazone groups is 1. The Morgan fingerprint density at radius 3 is 2.17 bits per heavy atom. The van der Waals surface area contributed by atoms with Gasteiger partial charge < -0.3 is 10.2 Å². The third kappa shape index (κ3) is 3.48. The van der Waals surface area contributed by atoms with Gasteiger partial charge in [-0.25, -0.2) is 9.80 Å². The van der Waals surface area contributed by atoms with Crippen molar-refractivity contribution in [1.29, 1.82) is 0 Å². The molecule has 6 heteroatoms. The number of nitrogens with zero attached hydrogens (tertiary/aromatic N) is 2. The van der Waals surface area contributed by atoms with Crippen molar-refractivity contribution >= 4 is 17.6 Å². The molecule has 3 aromatic rings. The van der Waals surface area contributed by atoms with Crippen LogP contribution in [0.5, 0.6) is 5.75 Å². The van der Waals surface area contributed by atoms with Crippen molar-refractivity contribution in [3.05, 3.63) is 101 Å². The molecule has 4 rings (SSSR count).